The number of fused-ring (bicyclic) bond motifs is 1. The van der Waals surface area contributed by atoms with Crippen LogP contribution in [0.4, 0.5) is 0 Å². The van der Waals surface area contributed by atoms with Crippen LogP contribution in [0.15, 0.2) is 43.0 Å². The average molecular weight is 271 g/mol. The predicted molar refractivity (Wildman–Crippen MR) is 74.3 cm³/mol. The molecular formula is C15H17N3O2. The summed E-state index contributed by atoms with van der Waals surface area (Å²) < 4.78 is 1.97. The Kier molecular flexibility index (Phi) is 3.52. The Balaban J connectivity index is 1.79. The second kappa shape index (κ2) is 5.46. The number of imidazole rings is 1. The van der Waals surface area contributed by atoms with Crippen molar-refractivity contribution in [1.29, 1.82) is 0 Å². The van der Waals surface area contributed by atoms with Crippen LogP contribution in [0.25, 0.3) is 0 Å². The number of nitrogens with zero attached hydrogens (tertiary/aromatic N) is 3. The zero-order chi connectivity index (χ0) is 13.9. The standard InChI is InChI=1S/C15H17N3O2/c19-15(20)14-13-4-2-1-3-12(13)5-7-18(14)10-9-17-8-6-16-11-17/h1-4,6,8,11,14H,5,7,9-10H2,(H,19,20). The first-order chi connectivity index (χ1) is 9.75. The van der Waals surface area contributed by atoms with Crippen LogP contribution in [0.5, 0.6) is 0 Å². The number of aliphatic carboxylic acids is 1. The van der Waals surface area contributed by atoms with Gasteiger partial charge in [0.1, 0.15) is 6.04 Å². The smallest absolute Gasteiger partial charge is 0.325 e. The summed E-state index contributed by atoms with van der Waals surface area (Å²) in [5.74, 6) is -0.775. The Morgan fingerprint density at radius 3 is 2.95 bits per heavy atom. The van der Waals surface area contributed by atoms with Gasteiger partial charge in [-0.3, -0.25) is 9.69 Å². The average Bonchev–Trinajstić information content (AvgIpc) is 2.97. The van der Waals surface area contributed by atoms with Crippen LogP contribution in [0.1, 0.15) is 17.2 Å². The molecule has 2 heterocycles. The molecule has 1 N–H and O–H groups in total. The molecule has 5 nitrogen and oxygen atoms in total. The number of rotatable bonds is 4. The number of hydrogen-bond acceptors (Lipinski definition) is 3. The quantitative estimate of drug-likeness (QED) is 0.917. The van der Waals surface area contributed by atoms with Crippen molar-refractivity contribution >= 4 is 5.97 Å². The first-order valence-electron chi connectivity index (χ1n) is 6.76. The van der Waals surface area contributed by atoms with Gasteiger partial charge in [-0.05, 0) is 17.5 Å². The van der Waals surface area contributed by atoms with Gasteiger partial charge in [0.15, 0.2) is 0 Å². The molecular weight excluding hydrogens is 254 g/mol. The van der Waals surface area contributed by atoms with Gasteiger partial charge in [-0.1, -0.05) is 24.3 Å². The molecule has 104 valence electrons. The molecule has 2 aromatic rings. The van der Waals surface area contributed by atoms with E-state index in [1.165, 1.54) is 0 Å². The molecule has 1 unspecified atom stereocenters. The number of benzene rings is 1. The van der Waals surface area contributed by atoms with Gasteiger partial charge < -0.3 is 9.67 Å². The molecule has 0 saturated heterocycles. The summed E-state index contributed by atoms with van der Waals surface area (Å²) in [5, 5.41) is 9.55. The monoisotopic (exact) mass is 271 g/mol. The van der Waals surface area contributed by atoms with Crippen molar-refractivity contribution in [3.8, 4) is 0 Å². The van der Waals surface area contributed by atoms with Crippen molar-refractivity contribution in [2.45, 2.75) is 19.0 Å². The van der Waals surface area contributed by atoms with Gasteiger partial charge in [-0.2, -0.15) is 0 Å². The summed E-state index contributed by atoms with van der Waals surface area (Å²) in [6, 6.07) is 7.30. The molecule has 0 aliphatic carbocycles. The minimum absolute atomic E-state index is 0.538. The number of carboxylic acid groups (broad SMARTS) is 1. The third-order valence-corrected chi connectivity index (χ3v) is 3.82. The molecule has 0 bridgehead atoms. The van der Waals surface area contributed by atoms with Crippen LogP contribution in [0.2, 0.25) is 0 Å². The predicted octanol–water partition coefficient (Wildman–Crippen LogP) is 1.57. The van der Waals surface area contributed by atoms with Crippen LogP contribution in [-0.4, -0.2) is 38.6 Å². The maximum Gasteiger partial charge on any atom is 0.325 e. The van der Waals surface area contributed by atoms with Crippen LogP contribution in [0.3, 0.4) is 0 Å². The molecule has 1 atom stereocenters. The van der Waals surface area contributed by atoms with Crippen LogP contribution in [0, 0.1) is 0 Å². The molecule has 0 saturated carbocycles. The number of aromatic nitrogens is 2. The van der Waals surface area contributed by atoms with E-state index >= 15 is 0 Å². The Hall–Kier alpha value is -2.14. The van der Waals surface area contributed by atoms with E-state index in [0.29, 0.717) is 6.54 Å². The number of carboxylic acids is 1. The fourth-order valence-corrected chi connectivity index (χ4v) is 2.81. The van der Waals surface area contributed by atoms with Gasteiger partial charge >= 0.3 is 5.97 Å². The summed E-state index contributed by atoms with van der Waals surface area (Å²) in [4.78, 5) is 17.7. The zero-order valence-electron chi connectivity index (χ0n) is 11.1. The SMILES string of the molecule is O=C(O)C1c2ccccc2CCN1CCn1ccnc1. The molecule has 3 rings (SSSR count). The van der Waals surface area contributed by atoms with E-state index in [2.05, 4.69) is 4.98 Å². The van der Waals surface area contributed by atoms with Gasteiger partial charge in [0, 0.05) is 32.0 Å². The molecule has 0 spiro atoms. The molecule has 1 aromatic heterocycles. The van der Waals surface area contributed by atoms with Crippen molar-refractivity contribution in [3.05, 3.63) is 54.1 Å². The first-order valence-corrected chi connectivity index (χ1v) is 6.76. The first kappa shape index (κ1) is 12.9. The van der Waals surface area contributed by atoms with Gasteiger partial charge in [-0.25, -0.2) is 4.98 Å². The summed E-state index contributed by atoms with van der Waals surface area (Å²) in [5.41, 5.74) is 2.08. The summed E-state index contributed by atoms with van der Waals surface area (Å²) in [7, 11) is 0. The Labute approximate surface area is 117 Å². The normalized spacial score (nSPS) is 18.7. The van der Waals surface area contributed by atoms with E-state index in [1.807, 2.05) is 39.9 Å². The molecule has 1 aliphatic heterocycles. The minimum atomic E-state index is -0.775. The Morgan fingerprint density at radius 1 is 1.35 bits per heavy atom. The summed E-state index contributed by atoms with van der Waals surface area (Å²) in [6.45, 7) is 2.25. The second-order valence-corrected chi connectivity index (χ2v) is 5.03. The Morgan fingerprint density at radius 2 is 2.20 bits per heavy atom. The van der Waals surface area contributed by atoms with Gasteiger partial charge in [0.25, 0.3) is 0 Å². The fourth-order valence-electron chi connectivity index (χ4n) is 2.81. The lowest BCUT2D eigenvalue weighted by molar-refractivity contribution is -0.144. The topological polar surface area (TPSA) is 58.4 Å². The van der Waals surface area contributed by atoms with Crippen molar-refractivity contribution in [3.63, 3.8) is 0 Å². The maximum atomic E-state index is 11.6. The highest BCUT2D eigenvalue weighted by molar-refractivity contribution is 5.76. The fraction of sp³-hybridized carbons (Fsp3) is 0.333. The molecule has 0 radical (unpaired) electrons. The van der Waals surface area contributed by atoms with Gasteiger partial charge in [-0.15, -0.1) is 0 Å². The molecule has 1 aliphatic rings. The lowest BCUT2D eigenvalue weighted by atomic mass is 9.92. The second-order valence-electron chi connectivity index (χ2n) is 5.03. The third kappa shape index (κ3) is 2.44. The largest absolute Gasteiger partial charge is 0.480 e. The highest BCUT2D eigenvalue weighted by Gasteiger charge is 2.32. The number of hydrogen-bond donors (Lipinski definition) is 1. The van der Waals surface area contributed by atoms with Crippen molar-refractivity contribution in [1.82, 2.24) is 14.5 Å². The minimum Gasteiger partial charge on any atom is -0.480 e. The van der Waals surface area contributed by atoms with E-state index in [9.17, 15) is 9.90 Å². The molecule has 0 fully saturated rings. The van der Waals surface area contributed by atoms with Crippen LogP contribution in [-0.2, 0) is 17.8 Å². The third-order valence-electron chi connectivity index (χ3n) is 3.82. The van der Waals surface area contributed by atoms with Crippen LogP contribution < -0.4 is 0 Å². The summed E-state index contributed by atoms with van der Waals surface area (Å²) in [6.07, 6.45) is 6.30. The number of carbonyl (C=O) groups is 1. The molecule has 20 heavy (non-hydrogen) atoms. The molecule has 5 heteroatoms. The van der Waals surface area contributed by atoms with E-state index in [1.54, 1.807) is 12.5 Å². The highest BCUT2D eigenvalue weighted by Crippen LogP contribution is 2.29. The lowest BCUT2D eigenvalue weighted by Gasteiger charge is -2.34. The van der Waals surface area contributed by atoms with Crippen molar-refractivity contribution < 1.29 is 9.90 Å². The van der Waals surface area contributed by atoms with E-state index in [0.717, 1.165) is 30.6 Å². The maximum absolute atomic E-state index is 11.6. The van der Waals surface area contributed by atoms with Gasteiger partial charge in [0.05, 0.1) is 6.33 Å². The van der Waals surface area contributed by atoms with Crippen molar-refractivity contribution in [2.24, 2.45) is 0 Å². The Bertz CT molecular complexity index is 595. The van der Waals surface area contributed by atoms with E-state index < -0.39 is 12.0 Å². The van der Waals surface area contributed by atoms with Crippen LogP contribution >= 0.6 is 0 Å². The summed E-state index contributed by atoms with van der Waals surface area (Å²) >= 11 is 0. The van der Waals surface area contributed by atoms with Crippen molar-refractivity contribution in [2.75, 3.05) is 13.1 Å². The molecule has 1 aromatic carbocycles. The lowest BCUT2D eigenvalue weighted by Crippen LogP contribution is -2.41. The highest BCUT2D eigenvalue weighted by atomic mass is 16.4. The van der Waals surface area contributed by atoms with E-state index in [4.69, 9.17) is 0 Å². The zero-order valence-corrected chi connectivity index (χ0v) is 11.1. The molecule has 0 amide bonds. The van der Waals surface area contributed by atoms with Gasteiger partial charge in [0.2, 0.25) is 0 Å². The van der Waals surface area contributed by atoms with E-state index in [-0.39, 0.29) is 0 Å².